The summed E-state index contributed by atoms with van der Waals surface area (Å²) in [6.07, 6.45) is 0. The predicted octanol–water partition coefficient (Wildman–Crippen LogP) is 3.80. The lowest BCUT2D eigenvalue weighted by Crippen LogP contribution is -2.17. The Balaban J connectivity index is 1.95. The maximum Gasteiger partial charge on any atom is 0.0234 e. The fourth-order valence-electron chi connectivity index (χ4n) is 2.31. The van der Waals surface area contributed by atoms with Crippen molar-refractivity contribution in [1.29, 1.82) is 0 Å². The van der Waals surface area contributed by atoms with E-state index in [2.05, 4.69) is 81.7 Å². The van der Waals surface area contributed by atoms with Crippen LogP contribution >= 0.6 is 15.9 Å². The third-order valence-electron chi connectivity index (χ3n) is 3.19. The molecule has 0 bridgehead atoms. The van der Waals surface area contributed by atoms with Gasteiger partial charge >= 0.3 is 0 Å². The molecule has 0 amide bonds. The van der Waals surface area contributed by atoms with Crippen LogP contribution in [-0.2, 0) is 19.6 Å². The zero-order valence-electron chi connectivity index (χ0n) is 12.1. The molecule has 0 unspecified atom stereocenters. The summed E-state index contributed by atoms with van der Waals surface area (Å²) >= 11 is 3.47. The summed E-state index contributed by atoms with van der Waals surface area (Å²) in [4.78, 5) is 2.34. The van der Waals surface area contributed by atoms with Gasteiger partial charge in [0, 0.05) is 24.1 Å². The van der Waals surface area contributed by atoms with Gasteiger partial charge in [-0.1, -0.05) is 52.3 Å². The van der Waals surface area contributed by atoms with Crippen molar-refractivity contribution >= 4 is 15.9 Å². The lowest BCUT2D eigenvalue weighted by atomic mass is 10.1. The second kappa shape index (κ2) is 7.58. The summed E-state index contributed by atoms with van der Waals surface area (Å²) in [5, 5.41) is 3.19. The Morgan fingerprint density at radius 3 is 2.30 bits per heavy atom. The minimum Gasteiger partial charge on any atom is -0.316 e. The van der Waals surface area contributed by atoms with Crippen molar-refractivity contribution in [1.82, 2.24) is 10.2 Å². The van der Waals surface area contributed by atoms with Crippen LogP contribution in [0.5, 0.6) is 0 Å². The maximum atomic E-state index is 3.47. The number of hydrogen-bond donors (Lipinski definition) is 1. The molecule has 0 atom stereocenters. The molecule has 1 N–H and O–H groups in total. The molecular formula is C17H21BrN2. The van der Waals surface area contributed by atoms with E-state index in [1.807, 2.05) is 7.05 Å². The van der Waals surface area contributed by atoms with Crippen molar-refractivity contribution in [3.8, 4) is 0 Å². The Kier molecular flexibility index (Phi) is 5.77. The van der Waals surface area contributed by atoms with Gasteiger partial charge in [-0.05, 0) is 42.9 Å². The van der Waals surface area contributed by atoms with Crippen LogP contribution in [0.1, 0.15) is 16.7 Å². The van der Waals surface area contributed by atoms with Crippen LogP contribution in [0.4, 0.5) is 0 Å². The van der Waals surface area contributed by atoms with E-state index < -0.39 is 0 Å². The lowest BCUT2D eigenvalue weighted by Gasteiger charge is -2.17. The average molecular weight is 333 g/mol. The number of halogens is 1. The van der Waals surface area contributed by atoms with E-state index in [1.54, 1.807) is 0 Å². The topological polar surface area (TPSA) is 15.3 Å². The molecular weight excluding hydrogens is 312 g/mol. The highest BCUT2D eigenvalue weighted by molar-refractivity contribution is 9.10. The molecule has 0 saturated carbocycles. The van der Waals surface area contributed by atoms with Crippen LogP contribution in [0.2, 0.25) is 0 Å². The zero-order chi connectivity index (χ0) is 14.4. The van der Waals surface area contributed by atoms with Gasteiger partial charge < -0.3 is 5.32 Å². The molecule has 0 aliphatic rings. The van der Waals surface area contributed by atoms with Gasteiger partial charge in [-0.3, -0.25) is 4.90 Å². The minimum absolute atomic E-state index is 0.921. The first-order valence-corrected chi connectivity index (χ1v) is 7.62. The van der Waals surface area contributed by atoms with Crippen molar-refractivity contribution in [2.45, 2.75) is 19.6 Å². The SMILES string of the molecule is CNCc1cccc(CN(C)Cc2ccc(Br)cc2)c1. The quantitative estimate of drug-likeness (QED) is 0.865. The van der Waals surface area contributed by atoms with E-state index in [1.165, 1.54) is 16.7 Å². The molecule has 0 aliphatic carbocycles. The van der Waals surface area contributed by atoms with E-state index >= 15 is 0 Å². The van der Waals surface area contributed by atoms with Crippen molar-refractivity contribution in [2.75, 3.05) is 14.1 Å². The van der Waals surface area contributed by atoms with Crippen LogP contribution in [0.3, 0.4) is 0 Å². The summed E-state index contributed by atoms with van der Waals surface area (Å²) in [5.74, 6) is 0. The highest BCUT2D eigenvalue weighted by Gasteiger charge is 2.03. The first-order chi connectivity index (χ1) is 9.67. The fourth-order valence-corrected chi connectivity index (χ4v) is 2.58. The highest BCUT2D eigenvalue weighted by Crippen LogP contribution is 2.13. The van der Waals surface area contributed by atoms with Crippen LogP contribution in [0, 0.1) is 0 Å². The van der Waals surface area contributed by atoms with Gasteiger partial charge in [0.15, 0.2) is 0 Å². The summed E-state index contributed by atoms with van der Waals surface area (Å²) in [7, 11) is 4.14. The first-order valence-electron chi connectivity index (χ1n) is 6.83. The second-order valence-electron chi connectivity index (χ2n) is 5.15. The summed E-state index contributed by atoms with van der Waals surface area (Å²) < 4.78 is 1.13. The summed E-state index contributed by atoms with van der Waals surface area (Å²) in [6.45, 7) is 2.85. The molecule has 2 aromatic carbocycles. The van der Waals surface area contributed by atoms with Crippen LogP contribution in [0.25, 0.3) is 0 Å². The van der Waals surface area contributed by atoms with Crippen LogP contribution in [0.15, 0.2) is 53.0 Å². The van der Waals surface area contributed by atoms with Crippen molar-refractivity contribution in [3.63, 3.8) is 0 Å². The van der Waals surface area contributed by atoms with Crippen LogP contribution in [-0.4, -0.2) is 19.0 Å². The Morgan fingerprint density at radius 1 is 0.950 bits per heavy atom. The molecule has 0 aromatic heterocycles. The first kappa shape index (κ1) is 15.2. The molecule has 2 aromatic rings. The van der Waals surface area contributed by atoms with E-state index in [-0.39, 0.29) is 0 Å². The van der Waals surface area contributed by atoms with Gasteiger partial charge in [0.05, 0.1) is 0 Å². The molecule has 106 valence electrons. The number of nitrogens with zero attached hydrogens (tertiary/aromatic N) is 1. The highest BCUT2D eigenvalue weighted by atomic mass is 79.9. The standard InChI is InChI=1S/C17H21BrN2/c1-19-11-15-4-3-5-16(10-15)13-20(2)12-14-6-8-17(18)9-7-14/h3-10,19H,11-13H2,1-2H3. The molecule has 0 heterocycles. The molecule has 0 saturated heterocycles. The number of hydrogen-bond acceptors (Lipinski definition) is 2. The van der Waals surface area contributed by atoms with Crippen molar-refractivity contribution < 1.29 is 0 Å². The number of benzene rings is 2. The number of nitrogens with one attached hydrogen (secondary N) is 1. The lowest BCUT2D eigenvalue weighted by molar-refractivity contribution is 0.319. The Labute approximate surface area is 129 Å². The molecule has 0 aliphatic heterocycles. The zero-order valence-corrected chi connectivity index (χ0v) is 13.7. The van der Waals surface area contributed by atoms with Gasteiger partial charge in [-0.25, -0.2) is 0 Å². The van der Waals surface area contributed by atoms with Crippen molar-refractivity contribution in [3.05, 3.63) is 69.7 Å². The van der Waals surface area contributed by atoms with E-state index in [4.69, 9.17) is 0 Å². The van der Waals surface area contributed by atoms with Crippen molar-refractivity contribution in [2.24, 2.45) is 0 Å². The molecule has 2 rings (SSSR count). The Bertz CT molecular complexity index is 537. The van der Waals surface area contributed by atoms with Gasteiger partial charge in [0.1, 0.15) is 0 Å². The maximum absolute atomic E-state index is 3.47. The van der Waals surface area contributed by atoms with E-state index in [0.717, 1.165) is 24.1 Å². The third kappa shape index (κ3) is 4.75. The predicted molar refractivity (Wildman–Crippen MR) is 88.5 cm³/mol. The smallest absolute Gasteiger partial charge is 0.0234 e. The summed E-state index contributed by atoms with van der Waals surface area (Å²) in [5.41, 5.74) is 4.03. The van der Waals surface area contributed by atoms with E-state index in [9.17, 15) is 0 Å². The molecule has 3 heteroatoms. The number of rotatable bonds is 6. The summed E-state index contributed by atoms with van der Waals surface area (Å²) in [6, 6.07) is 17.3. The van der Waals surface area contributed by atoms with Gasteiger partial charge in [-0.2, -0.15) is 0 Å². The largest absolute Gasteiger partial charge is 0.316 e. The monoisotopic (exact) mass is 332 g/mol. The van der Waals surface area contributed by atoms with Crippen LogP contribution < -0.4 is 5.32 Å². The van der Waals surface area contributed by atoms with Gasteiger partial charge in [0.2, 0.25) is 0 Å². The molecule has 2 nitrogen and oxygen atoms in total. The molecule has 0 spiro atoms. The Morgan fingerprint density at radius 2 is 1.60 bits per heavy atom. The van der Waals surface area contributed by atoms with Gasteiger partial charge in [0.25, 0.3) is 0 Å². The average Bonchev–Trinajstić information content (AvgIpc) is 2.42. The van der Waals surface area contributed by atoms with E-state index in [0.29, 0.717) is 0 Å². The molecule has 20 heavy (non-hydrogen) atoms. The molecule has 0 radical (unpaired) electrons. The third-order valence-corrected chi connectivity index (χ3v) is 3.72. The second-order valence-corrected chi connectivity index (χ2v) is 6.06. The minimum atomic E-state index is 0.921. The van der Waals surface area contributed by atoms with Gasteiger partial charge in [-0.15, -0.1) is 0 Å². The Hall–Kier alpha value is -1.16. The normalized spacial score (nSPS) is 11.0. The molecule has 0 fully saturated rings. The fraction of sp³-hybridized carbons (Fsp3) is 0.294.